The predicted molar refractivity (Wildman–Crippen MR) is 79.2 cm³/mol. The number of piperidine rings is 1. The van der Waals surface area contributed by atoms with Crippen LogP contribution >= 0.6 is 0 Å². The molecule has 0 spiro atoms. The van der Waals surface area contributed by atoms with E-state index in [2.05, 4.69) is 10.2 Å². The lowest BCUT2D eigenvalue weighted by atomic mass is 10.1. The van der Waals surface area contributed by atoms with E-state index in [1.807, 2.05) is 31.2 Å². The number of rotatable bonds is 4. The summed E-state index contributed by atoms with van der Waals surface area (Å²) in [5.41, 5.74) is 7.37. The first-order chi connectivity index (χ1) is 9.60. The van der Waals surface area contributed by atoms with E-state index in [1.54, 1.807) is 0 Å². The van der Waals surface area contributed by atoms with Crippen LogP contribution in [0.5, 0.6) is 0 Å². The zero-order chi connectivity index (χ0) is 14.5. The minimum Gasteiger partial charge on any atom is -0.393 e. The number of aliphatic hydroxyl groups is 1. The molecule has 1 saturated heterocycles. The van der Waals surface area contributed by atoms with Crippen molar-refractivity contribution in [3.63, 3.8) is 0 Å². The summed E-state index contributed by atoms with van der Waals surface area (Å²) < 4.78 is 0. The standard InChI is InChI=1S/C15H23N3O2/c1-11(18-7-5-14(19)6-8-18)15(20)17-13-4-2-3-12(9-13)10-16/h2-4,9,11,14,19H,5-8,10,16H2,1H3,(H,17,20). The SMILES string of the molecule is CC(C(=O)Nc1cccc(CN)c1)N1CCC(O)CC1. The highest BCUT2D eigenvalue weighted by atomic mass is 16.3. The van der Waals surface area contributed by atoms with E-state index in [1.165, 1.54) is 0 Å². The second-order valence-electron chi connectivity index (χ2n) is 5.34. The van der Waals surface area contributed by atoms with Crippen molar-refractivity contribution in [1.29, 1.82) is 0 Å². The number of carbonyl (C=O) groups excluding carboxylic acids is 1. The third-order valence-corrected chi connectivity index (χ3v) is 3.86. The minimum atomic E-state index is -0.220. The maximum absolute atomic E-state index is 12.2. The zero-order valence-electron chi connectivity index (χ0n) is 11.9. The van der Waals surface area contributed by atoms with Crippen molar-refractivity contribution >= 4 is 11.6 Å². The van der Waals surface area contributed by atoms with Gasteiger partial charge in [-0.3, -0.25) is 9.69 Å². The smallest absolute Gasteiger partial charge is 0.241 e. The molecule has 110 valence electrons. The van der Waals surface area contributed by atoms with Crippen LogP contribution in [0.2, 0.25) is 0 Å². The normalized spacial score (nSPS) is 18.8. The highest BCUT2D eigenvalue weighted by molar-refractivity contribution is 5.94. The molecule has 1 atom stereocenters. The Morgan fingerprint density at radius 3 is 2.85 bits per heavy atom. The Balaban J connectivity index is 1.93. The van der Waals surface area contributed by atoms with Crippen molar-refractivity contribution in [3.8, 4) is 0 Å². The van der Waals surface area contributed by atoms with E-state index in [0.29, 0.717) is 6.54 Å². The number of amides is 1. The second kappa shape index (κ2) is 6.83. The second-order valence-corrected chi connectivity index (χ2v) is 5.34. The molecule has 0 aliphatic carbocycles. The molecular weight excluding hydrogens is 254 g/mol. The first-order valence-electron chi connectivity index (χ1n) is 7.12. The average Bonchev–Trinajstić information content (AvgIpc) is 2.47. The molecule has 0 aromatic heterocycles. The van der Waals surface area contributed by atoms with Gasteiger partial charge in [0.2, 0.25) is 5.91 Å². The lowest BCUT2D eigenvalue weighted by molar-refractivity contribution is -0.121. The molecule has 1 fully saturated rings. The molecule has 1 unspecified atom stereocenters. The van der Waals surface area contributed by atoms with Crippen molar-refractivity contribution < 1.29 is 9.90 Å². The summed E-state index contributed by atoms with van der Waals surface area (Å²) in [6.45, 7) is 3.89. The molecule has 1 amide bonds. The van der Waals surface area contributed by atoms with Crippen LogP contribution in [0.25, 0.3) is 0 Å². The van der Waals surface area contributed by atoms with Crippen LogP contribution in [0, 0.1) is 0 Å². The van der Waals surface area contributed by atoms with E-state index in [-0.39, 0.29) is 18.1 Å². The third-order valence-electron chi connectivity index (χ3n) is 3.86. The largest absolute Gasteiger partial charge is 0.393 e. The molecule has 1 aliphatic heterocycles. The van der Waals surface area contributed by atoms with Gasteiger partial charge < -0.3 is 16.2 Å². The van der Waals surface area contributed by atoms with Gasteiger partial charge in [-0.05, 0) is 37.5 Å². The summed E-state index contributed by atoms with van der Waals surface area (Å²) in [5.74, 6) is -0.0180. The average molecular weight is 277 g/mol. The maximum atomic E-state index is 12.2. The molecule has 1 aromatic rings. The summed E-state index contributed by atoms with van der Waals surface area (Å²) >= 11 is 0. The Hall–Kier alpha value is -1.43. The Morgan fingerprint density at radius 2 is 2.20 bits per heavy atom. The topological polar surface area (TPSA) is 78.6 Å². The van der Waals surface area contributed by atoms with Gasteiger partial charge in [-0.15, -0.1) is 0 Å². The Bertz CT molecular complexity index is 456. The van der Waals surface area contributed by atoms with E-state index in [4.69, 9.17) is 5.73 Å². The van der Waals surface area contributed by atoms with Gasteiger partial charge in [0.15, 0.2) is 0 Å². The number of nitrogens with two attached hydrogens (primary N) is 1. The summed E-state index contributed by atoms with van der Waals surface area (Å²) in [4.78, 5) is 14.4. The molecule has 0 radical (unpaired) electrons. The number of nitrogens with zero attached hydrogens (tertiary/aromatic N) is 1. The van der Waals surface area contributed by atoms with Gasteiger partial charge >= 0.3 is 0 Å². The summed E-state index contributed by atoms with van der Waals surface area (Å²) in [6, 6.07) is 7.39. The van der Waals surface area contributed by atoms with Gasteiger partial charge in [-0.1, -0.05) is 12.1 Å². The van der Waals surface area contributed by atoms with Crippen molar-refractivity contribution in [2.24, 2.45) is 5.73 Å². The highest BCUT2D eigenvalue weighted by Crippen LogP contribution is 2.15. The fraction of sp³-hybridized carbons (Fsp3) is 0.533. The summed E-state index contributed by atoms with van der Waals surface area (Å²) in [5, 5.41) is 12.4. The van der Waals surface area contributed by atoms with Crippen molar-refractivity contribution in [1.82, 2.24) is 4.90 Å². The molecule has 1 heterocycles. The molecule has 5 nitrogen and oxygen atoms in total. The number of nitrogens with one attached hydrogen (secondary N) is 1. The molecule has 2 rings (SSSR count). The lowest BCUT2D eigenvalue weighted by Crippen LogP contribution is -2.47. The number of hydrogen-bond acceptors (Lipinski definition) is 4. The van der Waals surface area contributed by atoms with Crippen LogP contribution in [0.3, 0.4) is 0 Å². The molecule has 5 heteroatoms. The fourth-order valence-corrected chi connectivity index (χ4v) is 2.46. The van der Waals surface area contributed by atoms with Gasteiger partial charge in [0, 0.05) is 25.3 Å². The van der Waals surface area contributed by atoms with Crippen molar-refractivity contribution in [2.45, 2.75) is 38.5 Å². The van der Waals surface area contributed by atoms with Crippen LogP contribution in [0.1, 0.15) is 25.3 Å². The molecule has 20 heavy (non-hydrogen) atoms. The number of hydrogen-bond donors (Lipinski definition) is 3. The van der Waals surface area contributed by atoms with Gasteiger partial charge in [-0.25, -0.2) is 0 Å². The van der Waals surface area contributed by atoms with E-state index in [9.17, 15) is 9.90 Å². The number of carbonyl (C=O) groups is 1. The van der Waals surface area contributed by atoms with Gasteiger partial charge in [0.1, 0.15) is 0 Å². The predicted octanol–water partition coefficient (Wildman–Crippen LogP) is 0.929. The van der Waals surface area contributed by atoms with E-state index < -0.39 is 0 Å². The number of aliphatic hydroxyl groups excluding tert-OH is 1. The van der Waals surface area contributed by atoms with Crippen LogP contribution in [0.15, 0.2) is 24.3 Å². The zero-order valence-corrected chi connectivity index (χ0v) is 11.9. The highest BCUT2D eigenvalue weighted by Gasteiger charge is 2.25. The van der Waals surface area contributed by atoms with Crippen LogP contribution < -0.4 is 11.1 Å². The van der Waals surface area contributed by atoms with Crippen LogP contribution in [-0.2, 0) is 11.3 Å². The van der Waals surface area contributed by atoms with Crippen LogP contribution in [0.4, 0.5) is 5.69 Å². The van der Waals surface area contributed by atoms with Crippen LogP contribution in [-0.4, -0.2) is 41.1 Å². The Morgan fingerprint density at radius 1 is 1.50 bits per heavy atom. The number of anilines is 1. The van der Waals surface area contributed by atoms with E-state index >= 15 is 0 Å². The van der Waals surface area contributed by atoms with Crippen molar-refractivity contribution in [2.75, 3.05) is 18.4 Å². The molecule has 0 bridgehead atoms. The van der Waals surface area contributed by atoms with Gasteiger partial charge in [0.05, 0.1) is 12.1 Å². The van der Waals surface area contributed by atoms with E-state index in [0.717, 1.165) is 37.2 Å². The first kappa shape index (κ1) is 15.0. The monoisotopic (exact) mass is 277 g/mol. The van der Waals surface area contributed by atoms with Gasteiger partial charge in [-0.2, -0.15) is 0 Å². The number of benzene rings is 1. The number of likely N-dealkylation sites (tertiary alicyclic amines) is 1. The Kier molecular flexibility index (Phi) is 5.11. The molecule has 4 N–H and O–H groups in total. The minimum absolute atomic E-state index is 0.0180. The summed E-state index contributed by atoms with van der Waals surface area (Å²) in [6.07, 6.45) is 1.25. The van der Waals surface area contributed by atoms with Crippen molar-refractivity contribution in [3.05, 3.63) is 29.8 Å². The molecule has 0 saturated carbocycles. The summed E-state index contributed by atoms with van der Waals surface area (Å²) in [7, 11) is 0. The molecule has 1 aromatic carbocycles. The molecule has 1 aliphatic rings. The Labute approximate surface area is 119 Å². The maximum Gasteiger partial charge on any atom is 0.241 e. The third kappa shape index (κ3) is 3.79. The quantitative estimate of drug-likeness (QED) is 0.765. The fourth-order valence-electron chi connectivity index (χ4n) is 2.46. The first-order valence-corrected chi connectivity index (χ1v) is 7.12. The molecular formula is C15H23N3O2. The lowest BCUT2D eigenvalue weighted by Gasteiger charge is -2.33. The van der Waals surface area contributed by atoms with Gasteiger partial charge in [0.25, 0.3) is 0 Å².